The second kappa shape index (κ2) is 6.32. The first-order valence-corrected chi connectivity index (χ1v) is 8.19. The molecule has 0 N–H and O–H groups in total. The summed E-state index contributed by atoms with van der Waals surface area (Å²) >= 11 is 1.54. The van der Waals surface area contributed by atoms with Crippen molar-refractivity contribution in [2.24, 2.45) is 0 Å². The van der Waals surface area contributed by atoms with Crippen molar-refractivity contribution >= 4 is 28.9 Å². The molecule has 5 heteroatoms. The van der Waals surface area contributed by atoms with Gasteiger partial charge in [-0.15, -0.1) is 0 Å². The van der Waals surface area contributed by atoms with Crippen molar-refractivity contribution in [1.82, 2.24) is 0 Å². The van der Waals surface area contributed by atoms with Gasteiger partial charge in [-0.2, -0.15) is 11.3 Å². The second-order valence-corrected chi connectivity index (χ2v) is 6.09. The van der Waals surface area contributed by atoms with Gasteiger partial charge in [0.25, 0.3) is 5.91 Å². The molecule has 1 aromatic heterocycles. The Morgan fingerprint density at radius 2 is 2.14 bits per heavy atom. The van der Waals surface area contributed by atoms with Gasteiger partial charge in [0, 0.05) is 12.2 Å². The third-order valence-electron chi connectivity index (χ3n) is 3.74. The third-order valence-corrected chi connectivity index (χ3v) is 4.47. The van der Waals surface area contributed by atoms with E-state index in [2.05, 4.69) is 0 Å². The Kier molecular flexibility index (Phi) is 4.24. The summed E-state index contributed by atoms with van der Waals surface area (Å²) in [6.45, 7) is 2.28. The SMILES string of the molecule is C[C@H](OC(=O)Cc1ccsc1)C(=O)N1CCc2ccccc21. The van der Waals surface area contributed by atoms with E-state index in [0.717, 1.165) is 23.2 Å². The highest BCUT2D eigenvalue weighted by molar-refractivity contribution is 7.07. The van der Waals surface area contributed by atoms with Crippen LogP contribution in [0.25, 0.3) is 0 Å². The van der Waals surface area contributed by atoms with Gasteiger partial charge in [-0.25, -0.2) is 0 Å². The Bertz CT molecular complexity index is 681. The molecule has 0 bridgehead atoms. The molecule has 2 aromatic rings. The van der Waals surface area contributed by atoms with E-state index in [1.165, 1.54) is 11.3 Å². The molecule has 1 atom stereocenters. The molecular formula is C17H17NO3S. The standard InChI is InChI=1S/C17H17NO3S/c1-12(21-16(19)10-13-7-9-22-11-13)17(20)18-8-6-14-4-2-3-5-15(14)18/h2-5,7,9,11-12H,6,8,10H2,1H3/t12-/m0/s1. The van der Waals surface area contributed by atoms with Crippen LogP contribution in [0, 0.1) is 0 Å². The summed E-state index contributed by atoms with van der Waals surface area (Å²) in [4.78, 5) is 26.1. The van der Waals surface area contributed by atoms with Crippen molar-refractivity contribution in [3.8, 4) is 0 Å². The van der Waals surface area contributed by atoms with E-state index in [9.17, 15) is 9.59 Å². The molecule has 0 aliphatic carbocycles. The molecule has 1 aromatic carbocycles. The maximum atomic E-state index is 12.5. The van der Waals surface area contributed by atoms with Crippen molar-refractivity contribution in [2.75, 3.05) is 11.4 Å². The van der Waals surface area contributed by atoms with E-state index in [0.29, 0.717) is 6.54 Å². The Morgan fingerprint density at radius 1 is 1.32 bits per heavy atom. The molecule has 1 aliphatic rings. The van der Waals surface area contributed by atoms with Crippen molar-refractivity contribution in [1.29, 1.82) is 0 Å². The Hall–Kier alpha value is -2.14. The predicted octanol–water partition coefficient (Wildman–Crippen LogP) is 2.81. The lowest BCUT2D eigenvalue weighted by atomic mass is 10.2. The van der Waals surface area contributed by atoms with Gasteiger partial charge in [-0.1, -0.05) is 18.2 Å². The van der Waals surface area contributed by atoms with Gasteiger partial charge in [-0.3, -0.25) is 9.59 Å². The number of amides is 1. The molecule has 22 heavy (non-hydrogen) atoms. The van der Waals surface area contributed by atoms with Crippen LogP contribution in [0.5, 0.6) is 0 Å². The predicted molar refractivity (Wildman–Crippen MR) is 86.1 cm³/mol. The topological polar surface area (TPSA) is 46.6 Å². The van der Waals surface area contributed by atoms with Crippen molar-refractivity contribution < 1.29 is 14.3 Å². The van der Waals surface area contributed by atoms with Crippen LogP contribution >= 0.6 is 11.3 Å². The molecule has 4 nitrogen and oxygen atoms in total. The van der Waals surface area contributed by atoms with Gasteiger partial charge in [0.2, 0.25) is 0 Å². The quantitative estimate of drug-likeness (QED) is 0.815. The Morgan fingerprint density at radius 3 is 2.91 bits per heavy atom. The van der Waals surface area contributed by atoms with E-state index in [1.54, 1.807) is 11.8 Å². The summed E-state index contributed by atoms with van der Waals surface area (Å²) in [6.07, 6.45) is 0.284. The minimum Gasteiger partial charge on any atom is -0.452 e. The summed E-state index contributed by atoms with van der Waals surface area (Å²) in [7, 11) is 0. The summed E-state index contributed by atoms with van der Waals surface area (Å²) in [5.74, 6) is -0.532. The van der Waals surface area contributed by atoms with E-state index in [-0.39, 0.29) is 18.3 Å². The molecule has 1 amide bonds. The minimum atomic E-state index is -0.766. The smallest absolute Gasteiger partial charge is 0.311 e. The fourth-order valence-electron chi connectivity index (χ4n) is 2.64. The van der Waals surface area contributed by atoms with Crippen LogP contribution in [-0.2, 0) is 27.2 Å². The molecule has 3 rings (SSSR count). The zero-order chi connectivity index (χ0) is 15.5. The first-order valence-electron chi connectivity index (χ1n) is 7.25. The number of hydrogen-bond acceptors (Lipinski definition) is 4. The normalized spacial score (nSPS) is 14.5. The fraction of sp³-hybridized carbons (Fsp3) is 0.294. The van der Waals surface area contributed by atoms with E-state index < -0.39 is 6.10 Å². The maximum Gasteiger partial charge on any atom is 0.311 e. The van der Waals surface area contributed by atoms with Crippen LogP contribution in [-0.4, -0.2) is 24.5 Å². The van der Waals surface area contributed by atoms with Gasteiger partial charge >= 0.3 is 5.97 Å². The second-order valence-electron chi connectivity index (χ2n) is 5.31. The molecule has 0 fully saturated rings. The number of benzene rings is 1. The molecule has 1 aliphatic heterocycles. The monoisotopic (exact) mass is 315 g/mol. The van der Waals surface area contributed by atoms with Gasteiger partial charge in [0.1, 0.15) is 0 Å². The van der Waals surface area contributed by atoms with Crippen molar-refractivity contribution in [3.05, 3.63) is 52.2 Å². The van der Waals surface area contributed by atoms with Crippen molar-refractivity contribution in [2.45, 2.75) is 25.9 Å². The molecule has 0 spiro atoms. The molecule has 0 saturated heterocycles. The van der Waals surface area contributed by atoms with Crippen LogP contribution in [0.2, 0.25) is 0 Å². The number of anilines is 1. The molecule has 114 valence electrons. The van der Waals surface area contributed by atoms with Gasteiger partial charge in [-0.05, 0) is 47.4 Å². The average molecular weight is 315 g/mol. The maximum absolute atomic E-state index is 12.5. The summed E-state index contributed by atoms with van der Waals surface area (Å²) in [5, 5.41) is 3.82. The number of para-hydroxylation sites is 1. The zero-order valence-corrected chi connectivity index (χ0v) is 13.1. The number of thiophene rings is 1. The number of nitrogens with zero attached hydrogens (tertiary/aromatic N) is 1. The number of esters is 1. The Balaban J connectivity index is 1.62. The average Bonchev–Trinajstić information content (AvgIpc) is 3.15. The number of rotatable bonds is 4. The molecular weight excluding hydrogens is 298 g/mol. The van der Waals surface area contributed by atoms with Crippen LogP contribution in [0.15, 0.2) is 41.1 Å². The number of hydrogen-bond donors (Lipinski definition) is 0. The highest BCUT2D eigenvalue weighted by Crippen LogP contribution is 2.28. The minimum absolute atomic E-state index is 0.163. The largest absolute Gasteiger partial charge is 0.452 e. The number of carbonyl (C=O) groups excluding carboxylic acids is 2. The number of fused-ring (bicyclic) bond motifs is 1. The highest BCUT2D eigenvalue weighted by atomic mass is 32.1. The summed E-state index contributed by atoms with van der Waals surface area (Å²) in [5.41, 5.74) is 3.00. The van der Waals surface area contributed by atoms with Gasteiger partial charge < -0.3 is 9.64 Å². The van der Waals surface area contributed by atoms with Crippen LogP contribution in [0.3, 0.4) is 0 Å². The first-order chi connectivity index (χ1) is 10.6. The lowest BCUT2D eigenvalue weighted by Gasteiger charge is -2.21. The molecule has 0 saturated carbocycles. The third kappa shape index (κ3) is 3.04. The molecule has 0 radical (unpaired) electrons. The lowest BCUT2D eigenvalue weighted by molar-refractivity contribution is -0.153. The number of carbonyl (C=O) groups is 2. The van der Waals surface area contributed by atoms with Crippen molar-refractivity contribution in [3.63, 3.8) is 0 Å². The van der Waals surface area contributed by atoms with E-state index >= 15 is 0 Å². The lowest BCUT2D eigenvalue weighted by Crippen LogP contribution is -2.39. The summed E-state index contributed by atoms with van der Waals surface area (Å²) < 4.78 is 5.29. The van der Waals surface area contributed by atoms with Gasteiger partial charge in [0.15, 0.2) is 6.10 Å². The van der Waals surface area contributed by atoms with Crippen LogP contribution in [0.1, 0.15) is 18.1 Å². The fourth-order valence-corrected chi connectivity index (χ4v) is 3.30. The molecule has 0 unspecified atom stereocenters. The van der Waals surface area contributed by atoms with E-state index in [4.69, 9.17) is 4.74 Å². The van der Waals surface area contributed by atoms with Crippen LogP contribution in [0.4, 0.5) is 5.69 Å². The summed E-state index contributed by atoms with van der Waals surface area (Å²) in [6, 6.07) is 9.72. The Labute approximate surface area is 133 Å². The highest BCUT2D eigenvalue weighted by Gasteiger charge is 2.29. The van der Waals surface area contributed by atoms with E-state index in [1.807, 2.05) is 41.1 Å². The zero-order valence-electron chi connectivity index (χ0n) is 12.3. The van der Waals surface area contributed by atoms with Gasteiger partial charge in [0.05, 0.1) is 6.42 Å². The number of ether oxygens (including phenoxy) is 1. The molecule has 2 heterocycles. The van der Waals surface area contributed by atoms with Crippen LogP contribution < -0.4 is 4.90 Å². The first kappa shape index (κ1) is 14.8.